The zero-order chi connectivity index (χ0) is 24.4. The summed E-state index contributed by atoms with van der Waals surface area (Å²) in [5.74, 6) is 1.17. The van der Waals surface area contributed by atoms with Crippen molar-refractivity contribution in [3.8, 4) is 11.4 Å². The molecule has 0 bridgehead atoms. The number of hydrogen-bond donors (Lipinski definition) is 2. The van der Waals surface area contributed by atoms with Crippen LogP contribution in [0.5, 0.6) is 0 Å². The minimum absolute atomic E-state index is 0.0333. The van der Waals surface area contributed by atoms with Gasteiger partial charge in [0.25, 0.3) is 0 Å². The van der Waals surface area contributed by atoms with Crippen LogP contribution in [0.4, 0.5) is 0 Å². The van der Waals surface area contributed by atoms with Crippen molar-refractivity contribution in [1.29, 1.82) is 0 Å². The fourth-order valence-corrected chi connectivity index (χ4v) is 5.43. The summed E-state index contributed by atoms with van der Waals surface area (Å²) in [4.78, 5) is 20.0. The van der Waals surface area contributed by atoms with Gasteiger partial charge in [0.1, 0.15) is 0 Å². The molecule has 188 valence electrons. The van der Waals surface area contributed by atoms with Crippen LogP contribution in [0.1, 0.15) is 18.7 Å². The number of primary amides is 1. The van der Waals surface area contributed by atoms with Crippen LogP contribution in [-0.4, -0.2) is 87.6 Å². The monoisotopic (exact) mass is 502 g/mol. The Hall–Kier alpha value is -2.50. The summed E-state index contributed by atoms with van der Waals surface area (Å²) >= 11 is 6.62. The molecule has 11 heteroatoms. The summed E-state index contributed by atoms with van der Waals surface area (Å²) in [6, 6.07) is 5.74. The van der Waals surface area contributed by atoms with Crippen molar-refractivity contribution < 1.29 is 19.2 Å². The topological polar surface area (TPSA) is 123 Å². The van der Waals surface area contributed by atoms with E-state index in [9.17, 15) is 9.90 Å². The molecule has 2 fully saturated rings. The lowest BCUT2D eigenvalue weighted by molar-refractivity contribution is -0.120. The van der Waals surface area contributed by atoms with Crippen molar-refractivity contribution in [1.82, 2.24) is 24.5 Å². The molecule has 2 aliphatic heterocycles. The van der Waals surface area contributed by atoms with Crippen molar-refractivity contribution in [3.63, 3.8) is 0 Å². The molecule has 0 saturated carbocycles. The quantitative estimate of drug-likeness (QED) is 0.477. The second-order valence-corrected chi connectivity index (χ2v) is 9.81. The lowest BCUT2D eigenvalue weighted by Gasteiger charge is -2.39. The SMILES string of the molecule is NC(=O)CN1CCN(Cc2nc(-c3cn(CC4CCOCC4)c4c(Cl)cccc34)no2)C(CO)C1. The van der Waals surface area contributed by atoms with Crippen molar-refractivity contribution in [2.75, 3.05) is 46.0 Å². The van der Waals surface area contributed by atoms with E-state index in [1.54, 1.807) is 0 Å². The third-order valence-corrected chi connectivity index (χ3v) is 7.28. The van der Waals surface area contributed by atoms with Crippen LogP contribution in [0, 0.1) is 5.92 Å². The average molecular weight is 503 g/mol. The van der Waals surface area contributed by atoms with Gasteiger partial charge in [0.2, 0.25) is 17.6 Å². The number of halogens is 1. The van der Waals surface area contributed by atoms with Gasteiger partial charge in [-0.3, -0.25) is 14.6 Å². The highest BCUT2D eigenvalue weighted by Gasteiger charge is 2.29. The number of carbonyl (C=O) groups excluding carboxylic acids is 1. The summed E-state index contributed by atoms with van der Waals surface area (Å²) in [5, 5.41) is 15.8. The van der Waals surface area contributed by atoms with Crippen LogP contribution in [0.25, 0.3) is 22.3 Å². The smallest absolute Gasteiger partial charge is 0.241 e. The normalized spacial score (nSPS) is 20.6. The Balaban J connectivity index is 1.35. The molecule has 1 unspecified atom stereocenters. The average Bonchev–Trinajstić information content (AvgIpc) is 3.46. The molecule has 0 spiro atoms. The number of piperazine rings is 1. The van der Waals surface area contributed by atoms with Crippen LogP contribution < -0.4 is 5.73 Å². The van der Waals surface area contributed by atoms with E-state index in [1.807, 2.05) is 23.1 Å². The molecule has 1 atom stereocenters. The number of hydrogen-bond acceptors (Lipinski definition) is 8. The summed E-state index contributed by atoms with van der Waals surface area (Å²) in [6.45, 7) is 4.93. The van der Waals surface area contributed by atoms with E-state index in [0.717, 1.165) is 49.1 Å². The molecule has 3 N–H and O–H groups in total. The summed E-state index contributed by atoms with van der Waals surface area (Å²) in [7, 11) is 0. The standard InChI is InChI=1S/C24H31ClN6O4/c25-20-3-1-2-18-19(12-31(23(18)20)10-16-4-8-34-9-5-16)24-27-22(35-28-24)14-30-7-6-29(13-21(26)33)11-17(30)15-32/h1-3,12,16-17,32H,4-11,13-15H2,(H2,26,33). The van der Waals surface area contributed by atoms with Crippen molar-refractivity contribution >= 4 is 28.4 Å². The van der Waals surface area contributed by atoms with Crippen LogP contribution >= 0.6 is 11.6 Å². The van der Waals surface area contributed by atoms with Gasteiger partial charge in [-0.2, -0.15) is 4.98 Å². The number of ether oxygens (including phenoxy) is 1. The minimum atomic E-state index is -0.368. The molecule has 5 rings (SSSR count). The fraction of sp³-hybridized carbons (Fsp3) is 0.542. The summed E-state index contributed by atoms with van der Waals surface area (Å²) < 4.78 is 13.3. The van der Waals surface area contributed by atoms with Gasteiger partial charge in [-0.15, -0.1) is 0 Å². The largest absolute Gasteiger partial charge is 0.395 e. The van der Waals surface area contributed by atoms with E-state index >= 15 is 0 Å². The molecule has 35 heavy (non-hydrogen) atoms. The highest BCUT2D eigenvalue weighted by Crippen LogP contribution is 2.34. The van der Waals surface area contributed by atoms with Crippen molar-refractivity contribution in [2.45, 2.75) is 32.0 Å². The van der Waals surface area contributed by atoms with Crippen LogP contribution in [0.3, 0.4) is 0 Å². The molecule has 2 saturated heterocycles. The van der Waals surface area contributed by atoms with E-state index < -0.39 is 0 Å². The molecule has 2 aliphatic rings. The van der Waals surface area contributed by atoms with E-state index in [-0.39, 0.29) is 25.1 Å². The first kappa shape index (κ1) is 24.2. The highest BCUT2D eigenvalue weighted by atomic mass is 35.5. The van der Waals surface area contributed by atoms with Crippen molar-refractivity contribution in [3.05, 3.63) is 35.3 Å². The maximum Gasteiger partial charge on any atom is 0.241 e. The Kier molecular flexibility index (Phi) is 7.35. The Bertz CT molecular complexity index is 1170. The number of benzene rings is 1. The van der Waals surface area contributed by atoms with Gasteiger partial charge in [-0.1, -0.05) is 28.9 Å². The predicted molar refractivity (Wildman–Crippen MR) is 131 cm³/mol. The van der Waals surface area contributed by atoms with E-state index in [1.165, 1.54) is 0 Å². The fourth-order valence-electron chi connectivity index (χ4n) is 5.15. The van der Waals surface area contributed by atoms with Crippen molar-refractivity contribution in [2.24, 2.45) is 11.7 Å². The number of amides is 1. The molecule has 0 radical (unpaired) electrons. The lowest BCUT2D eigenvalue weighted by atomic mass is 10.0. The van der Waals surface area contributed by atoms with Gasteiger partial charge >= 0.3 is 0 Å². The van der Waals surface area contributed by atoms with Gasteiger partial charge in [-0.25, -0.2) is 0 Å². The maximum absolute atomic E-state index is 11.3. The molecule has 10 nitrogen and oxygen atoms in total. The first-order valence-electron chi connectivity index (χ1n) is 12.1. The Morgan fingerprint density at radius 2 is 2.09 bits per heavy atom. The number of carbonyl (C=O) groups is 1. The van der Waals surface area contributed by atoms with E-state index in [4.69, 9.17) is 26.6 Å². The number of rotatable bonds is 8. The zero-order valence-corrected chi connectivity index (χ0v) is 20.4. The Morgan fingerprint density at radius 1 is 1.26 bits per heavy atom. The molecule has 1 aromatic carbocycles. The highest BCUT2D eigenvalue weighted by molar-refractivity contribution is 6.35. The maximum atomic E-state index is 11.3. The third-order valence-electron chi connectivity index (χ3n) is 6.97. The van der Waals surface area contributed by atoms with Crippen LogP contribution in [0.15, 0.2) is 28.9 Å². The van der Waals surface area contributed by atoms with E-state index in [2.05, 4.69) is 25.8 Å². The number of nitrogens with two attached hydrogens (primary N) is 1. The lowest BCUT2D eigenvalue weighted by Crippen LogP contribution is -2.55. The first-order chi connectivity index (χ1) is 17.0. The number of aliphatic hydroxyl groups is 1. The number of para-hydroxylation sites is 1. The number of nitrogens with zero attached hydrogens (tertiary/aromatic N) is 5. The molecule has 2 aromatic heterocycles. The second-order valence-electron chi connectivity index (χ2n) is 9.41. The van der Waals surface area contributed by atoms with Gasteiger partial charge in [0.15, 0.2) is 0 Å². The summed E-state index contributed by atoms with van der Waals surface area (Å²) in [6.07, 6.45) is 4.13. The first-order valence-corrected chi connectivity index (χ1v) is 12.4. The van der Waals surface area contributed by atoms with Gasteiger partial charge in [-0.05, 0) is 24.8 Å². The molecular weight excluding hydrogens is 472 g/mol. The van der Waals surface area contributed by atoms with E-state index in [0.29, 0.717) is 48.8 Å². The molecule has 3 aromatic rings. The zero-order valence-electron chi connectivity index (χ0n) is 19.6. The summed E-state index contributed by atoms with van der Waals surface area (Å²) in [5.41, 5.74) is 7.19. The second kappa shape index (κ2) is 10.6. The van der Waals surface area contributed by atoms with Crippen LogP contribution in [-0.2, 0) is 22.6 Å². The predicted octanol–water partition coefficient (Wildman–Crippen LogP) is 1.74. The Labute approximate surface area is 208 Å². The molecular formula is C24H31ClN6O4. The van der Waals surface area contributed by atoms with Gasteiger partial charge < -0.3 is 24.7 Å². The number of fused-ring (bicyclic) bond motifs is 1. The van der Waals surface area contributed by atoms with Crippen LogP contribution in [0.2, 0.25) is 5.02 Å². The number of aromatic nitrogens is 3. The molecule has 1 amide bonds. The molecule has 0 aliphatic carbocycles. The van der Waals surface area contributed by atoms with Gasteiger partial charge in [0, 0.05) is 62.6 Å². The molecule has 4 heterocycles. The minimum Gasteiger partial charge on any atom is -0.395 e. The third kappa shape index (κ3) is 5.36. The Morgan fingerprint density at radius 3 is 2.86 bits per heavy atom. The number of aliphatic hydroxyl groups excluding tert-OH is 1. The van der Waals surface area contributed by atoms with Gasteiger partial charge in [0.05, 0.1) is 30.2 Å².